The smallest absolute Gasteiger partial charge is 0.410 e. The maximum Gasteiger partial charge on any atom is 0.410 e. The number of rotatable bonds is 20. The van der Waals surface area contributed by atoms with Gasteiger partial charge in [0.15, 0.2) is 0 Å². The van der Waals surface area contributed by atoms with Gasteiger partial charge in [0.05, 0.1) is 52.5 Å². The van der Waals surface area contributed by atoms with Crippen LogP contribution in [0.25, 0.3) is 0 Å². The maximum absolute atomic E-state index is 14.7. The average molecular weight is 1210 g/mol. The molecule has 0 radical (unpaired) electrons. The molecule has 85 heavy (non-hydrogen) atoms. The highest BCUT2D eigenvalue weighted by Gasteiger charge is 2.44. The molecule has 2 aromatic heterocycles. The number of piperidine rings is 1. The van der Waals surface area contributed by atoms with Gasteiger partial charge in [-0.2, -0.15) is 29.0 Å². The van der Waals surface area contributed by atoms with Crippen molar-refractivity contribution in [1.29, 1.82) is 0 Å². The number of carbonyl (C=O) groups excluding carboxylic acids is 3. The van der Waals surface area contributed by atoms with Gasteiger partial charge in [-0.3, -0.25) is 14.5 Å². The molecule has 0 unspecified atom stereocenters. The number of nitrogens with zero attached hydrogens (tertiary/aromatic N) is 7. The largest absolute Gasteiger partial charge is 0.489 e. The summed E-state index contributed by atoms with van der Waals surface area (Å²) in [5, 5.41) is 43.7. The summed E-state index contributed by atoms with van der Waals surface area (Å²) in [7, 11) is -7.74. The lowest BCUT2D eigenvalue weighted by atomic mass is 9.87. The lowest BCUT2D eigenvalue weighted by molar-refractivity contribution is -0.121. The van der Waals surface area contributed by atoms with Gasteiger partial charge in [-0.25, -0.2) is 30.4 Å². The number of aliphatic hydroxyl groups is 2. The fraction of sp³-hybridized carbons (Fsp3) is 0.417. The van der Waals surface area contributed by atoms with Gasteiger partial charge in [0.25, 0.3) is 0 Å². The van der Waals surface area contributed by atoms with Crippen LogP contribution in [0.3, 0.4) is 0 Å². The fourth-order valence-electron chi connectivity index (χ4n) is 10.1. The van der Waals surface area contributed by atoms with Crippen LogP contribution in [0.1, 0.15) is 80.8 Å². The first kappa shape index (κ1) is 65.0. The molecule has 21 nitrogen and oxygen atoms in total. The van der Waals surface area contributed by atoms with Gasteiger partial charge in [0, 0.05) is 88.1 Å². The Bertz CT molecular complexity index is 3480. The van der Waals surface area contributed by atoms with E-state index in [1.165, 1.54) is 76.3 Å². The third kappa shape index (κ3) is 18.7. The van der Waals surface area contributed by atoms with E-state index < -0.39 is 85.5 Å². The number of aromatic nitrogens is 4. The Balaban J connectivity index is 0.000000247. The predicted octanol–water partition coefficient (Wildman–Crippen LogP) is 6.23. The standard InChI is InChI=1S/C32H40FN5O7S.C28H33FN4O5S/c1-21-7-6-8-27(13-21)46(42,43)37-11-12-38(31(41)45-32(3,4)5)29(19-37)30(40)28(36-22(2)39)16-24-14-25(33)17-26(15-24)44-20-23-9-10-34-35-18-23;1-19-5-3-7-26(11-19)39(36,37)33-10-4-6-23(17-33)28(35)27(32-20(2)34)14-22-12-24(29)15-25(13-22)38-18-21-8-9-30-31-16-21/h6-10,13-15,17-18,28-30,40H,11-12,16,19-20H2,1-5H3,(H,36,39);3,5,7-9,11-13,15-16,23,27-28,35H,4,6,10,14,17-18H2,1-2H3,(H,32,34)/t28-,29+,30-;23-,27+,28-/m01/s1. The number of carbonyl (C=O) groups is 3. The van der Waals surface area contributed by atoms with Crippen LogP contribution in [0.4, 0.5) is 13.6 Å². The van der Waals surface area contributed by atoms with E-state index in [9.17, 15) is 50.2 Å². The Morgan fingerprint density at radius 1 is 0.635 bits per heavy atom. The molecule has 3 amide bonds. The number of hydrogen-bond donors (Lipinski definition) is 4. The summed E-state index contributed by atoms with van der Waals surface area (Å²) >= 11 is 0. The number of piperazine rings is 1. The van der Waals surface area contributed by atoms with Crippen LogP contribution in [0.5, 0.6) is 11.5 Å². The second-order valence-corrected chi connectivity index (χ2v) is 26.1. The molecule has 456 valence electrons. The van der Waals surface area contributed by atoms with E-state index in [1.807, 2.05) is 13.0 Å². The quantitative estimate of drug-likeness (QED) is 0.0659. The number of aryl methyl sites for hydroxylation is 2. The third-order valence-corrected chi connectivity index (χ3v) is 17.8. The molecule has 0 aliphatic carbocycles. The first-order valence-corrected chi connectivity index (χ1v) is 30.5. The van der Waals surface area contributed by atoms with E-state index in [0.717, 1.165) is 22.3 Å². The highest BCUT2D eigenvalue weighted by atomic mass is 32.2. The van der Waals surface area contributed by atoms with Crippen LogP contribution in [0, 0.1) is 31.4 Å². The number of sulfonamides is 2. The molecule has 4 heterocycles. The average Bonchev–Trinajstić information content (AvgIpc) is 1.90. The molecule has 4 aromatic carbocycles. The summed E-state index contributed by atoms with van der Waals surface area (Å²) in [5.41, 5.74) is 3.14. The van der Waals surface area contributed by atoms with Crippen molar-refractivity contribution in [3.05, 3.63) is 167 Å². The fourth-order valence-corrected chi connectivity index (χ4v) is 13.3. The van der Waals surface area contributed by atoms with E-state index in [2.05, 4.69) is 31.0 Å². The van der Waals surface area contributed by atoms with Crippen molar-refractivity contribution >= 4 is 38.0 Å². The number of halogens is 2. The predicted molar refractivity (Wildman–Crippen MR) is 309 cm³/mol. The molecular formula is C60H73F2N9O12S2. The van der Waals surface area contributed by atoms with Crippen molar-refractivity contribution in [3.63, 3.8) is 0 Å². The lowest BCUT2D eigenvalue weighted by Gasteiger charge is -2.44. The van der Waals surface area contributed by atoms with Crippen molar-refractivity contribution in [2.45, 2.75) is 133 Å². The Morgan fingerprint density at radius 3 is 1.56 bits per heavy atom. The van der Waals surface area contributed by atoms with Crippen LogP contribution in [0.15, 0.2) is 132 Å². The Hall–Kier alpha value is -7.55. The lowest BCUT2D eigenvalue weighted by Crippen LogP contribution is -2.64. The van der Waals surface area contributed by atoms with Crippen molar-refractivity contribution < 1.29 is 64.4 Å². The Kier molecular flexibility index (Phi) is 22.2. The summed E-state index contributed by atoms with van der Waals surface area (Å²) in [4.78, 5) is 39.3. The SMILES string of the molecule is CC(=O)N[C@@H](Cc1cc(F)cc(OCc2ccnnc2)c1)[C@H](O)[C@@H]1CCCN(S(=O)(=O)c2cccc(C)c2)C1.CC(=O)N[C@@H](Cc1cc(F)cc(OCc2ccnnc2)c1)[C@H](O)[C@H]1CN(S(=O)(=O)c2cccc(C)c2)CCN1C(=O)OC(C)(C)C. The summed E-state index contributed by atoms with van der Waals surface area (Å²) in [6, 6.07) is 22.0. The zero-order valence-electron chi connectivity index (χ0n) is 48.5. The van der Waals surface area contributed by atoms with Gasteiger partial charge in [0.1, 0.15) is 41.9 Å². The van der Waals surface area contributed by atoms with Crippen LogP contribution in [0.2, 0.25) is 0 Å². The van der Waals surface area contributed by atoms with Gasteiger partial charge in [-0.05, 0) is 143 Å². The molecule has 2 aliphatic heterocycles. The van der Waals surface area contributed by atoms with Gasteiger partial charge < -0.3 is 35.1 Å². The van der Waals surface area contributed by atoms with E-state index in [-0.39, 0.29) is 73.7 Å². The molecule has 8 rings (SSSR count). The highest BCUT2D eigenvalue weighted by molar-refractivity contribution is 7.89. The van der Waals surface area contributed by atoms with Gasteiger partial charge >= 0.3 is 6.09 Å². The molecule has 0 bridgehead atoms. The van der Waals surface area contributed by atoms with Crippen molar-refractivity contribution in [3.8, 4) is 11.5 Å². The minimum atomic E-state index is -4.00. The Morgan fingerprint density at radius 2 is 1.12 bits per heavy atom. The van der Waals surface area contributed by atoms with Crippen LogP contribution in [-0.4, -0.2) is 148 Å². The zero-order chi connectivity index (χ0) is 61.6. The van der Waals surface area contributed by atoms with Crippen molar-refractivity contribution in [2.75, 3.05) is 32.7 Å². The van der Waals surface area contributed by atoms with E-state index in [0.29, 0.717) is 36.3 Å². The molecular weight excluding hydrogens is 1140 g/mol. The second kappa shape index (κ2) is 29.0. The monoisotopic (exact) mass is 1210 g/mol. The number of benzene rings is 4. The molecule has 0 spiro atoms. The van der Waals surface area contributed by atoms with Crippen molar-refractivity contribution in [1.82, 2.24) is 44.5 Å². The molecule has 25 heteroatoms. The number of hydrogen-bond acceptors (Lipinski definition) is 16. The molecule has 4 N–H and O–H groups in total. The molecule has 2 saturated heterocycles. The number of aliphatic hydroxyl groups excluding tert-OH is 2. The summed E-state index contributed by atoms with van der Waals surface area (Å²) in [6.45, 7) is 11.7. The molecule has 6 atom stereocenters. The van der Waals surface area contributed by atoms with Gasteiger partial charge in [0.2, 0.25) is 31.9 Å². The third-order valence-electron chi connectivity index (χ3n) is 14.0. The first-order valence-electron chi connectivity index (χ1n) is 27.6. The van der Waals surface area contributed by atoms with Gasteiger partial charge in [-0.15, -0.1) is 0 Å². The Labute approximate surface area is 494 Å². The minimum Gasteiger partial charge on any atom is -0.489 e. The maximum atomic E-state index is 14.7. The normalized spacial score (nSPS) is 17.5. The van der Waals surface area contributed by atoms with Gasteiger partial charge in [-0.1, -0.05) is 24.3 Å². The topological polar surface area (TPSA) is 273 Å². The number of nitrogens with one attached hydrogen (secondary N) is 2. The summed E-state index contributed by atoms with van der Waals surface area (Å²) in [6.07, 6.45) is 4.07. The zero-order valence-corrected chi connectivity index (χ0v) is 50.1. The minimum absolute atomic E-state index is 0.0405. The summed E-state index contributed by atoms with van der Waals surface area (Å²) in [5.74, 6) is -1.85. The van der Waals surface area contributed by atoms with Crippen molar-refractivity contribution in [2.24, 2.45) is 5.92 Å². The van der Waals surface area contributed by atoms with Crippen LogP contribution >= 0.6 is 0 Å². The van der Waals surface area contributed by atoms with E-state index in [4.69, 9.17) is 14.2 Å². The molecule has 2 aliphatic rings. The van der Waals surface area contributed by atoms with Crippen LogP contribution in [-0.2, 0) is 60.4 Å². The second-order valence-electron chi connectivity index (χ2n) is 22.2. The number of amides is 3. The van der Waals surface area contributed by atoms with Crippen LogP contribution < -0.4 is 20.1 Å². The van der Waals surface area contributed by atoms with E-state index >= 15 is 0 Å². The summed E-state index contributed by atoms with van der Waals surface area (Å²) < 4.78 is 103. The molecule has 6 aromatic rings. The number of ether oxygens (including phenoxy) is 3. The van der Waals surface area contributed by atoms with E-state index in [1.54, 1.807) is 94.6 Å². The first-order chi connectivity index (χ1) is 40.2. The molecule has 2 fully saturated rings. The molecule has 0 saturated carbocycles. The highest BCUT2D eigenvalue weighted by Crippen LogP contribution is 2.31.